The molecule has 7 heteroatoms. The molecule has 2 heterocycles. The SMILES string of the molecule is CN=C(NCCC1CCN(C)CC1)N(C)Cc1cc(Br)cn1C.I. The molecule has 0 aromatic carbocycles. The van der Waals surface area contributed by atoms with Crippen molar-refractivity contribution in [2.45, 2.75) is 25.8 Å². The van der Waals surface area contributed by atoms with E-state index in [1.54, 1.807) is 0 Å². The lowest BCUT2D eigenvalue weighted by molar-refractivity contribution is 0.212. The van der Waals surface area contributed by atoms with E-state index in [4.69, 9.17) is 0 Å². The van der Waals surface area contributed by atoms with Gasteiger partial charge in [0, 0.05) is 44.1 Å². The highest BCUT2D eigenvalue weighted by molar-refractivity contribution is 14.0. The van der Waals surface area contributed by atoms with Gasteiger partial charge in [0.05, 0.1) is 6.54 Å². The highest BCUT2D eigenvalue weighted by Crippen LogP contribution is 2.19. The average Bonchev–Trinajstić information content (AvgIpc) is 2.83. The molecule has 1 fully saturated rings. The quantitative estimate of drug-likeness (QED) is 0.375. The molecule has 1 aromatic rings. The Hall–Kier alpha value is -0.280. The summed E-state index contributed by atoms with van der Waals surface area (Å²) in [7, 11) is 8.23. The predicted molar refractivity (Wildman–Crippen MR) is 116 cm³/mol. The molecule has 0 spiro atoms. The van der Waals surface area contributed by atoms with Gasteiger partial charge in [0.1, 0.15) is 0 Å². The number of rotatable bonds is 5. The van der Waals surface area contributed by atoms with Crippen LogP contribution in [0.15, 0.2) is 21.7 Å². The van der Waals surface area contributed by atoms with Crippen molar-refractivity contribution < 1.29 is 0 Å². The molecule has 24 heavy (non-hydrogen) atoms. The number of aliphatic imine (C=N–C) groups is 1. The van der Waals surface area contributed by atoms with E-state index >= 15 is 0 Å². The van der Waals surface area contributed by atoms with E-state index in [-0.39, 0.29) is 24.0 Å². The standard InChI is InChI=1S/C17H30BrN5.HI/c1-19-17(20-8-5-14-6-9-21(2)10-7-14)23(4)13-16-11-15(18)12-22(16)3;/h11-12,14H,5-10,13H2,1-4H3,(H,19,20);1H. The summed E-state index contributed by atoms with van der Waals surface area (Å²) >= 11 is 3.53. The number of nitrogens with one attached hydrogen (secondary N) is 1. The normalized spacial score (nSPS) is 16.8. The molecule has 0 saturated carbocycles. The summed E-state index contributed by atoms with van der Waals surface area (Å²) in [6, 6.07) is 2.16. The molecule has 1 N–H and O–H groups in total. The van der Waals surface area contributed by atoms with Crippen molar-refractivity contribution in [1.29, 1.82) is 0 Å². The highest BCUT2D eigenvalue weighted by atomic mass is 127. The van der Waals surface area contributed by atoms with Gasteiger partial charge in [0.25, 0.3) is 0 Å². The minimum absolute atomic E-state index is 0. The Bertz CT molecular complexity index is 523. The van der Waals surface area contributed by atoms with Crippen LogP contribution in [0.25, 0.3) is 0 Å². The Labute approximate surface area is 172 Å². The monoisotopic (exact) mass is 511 g/mol. The van der Waals surface area contributed by atoms with Gasteiger partial charge in [0.15, 0.2) is 5.96 Å². The minimum atomic E-state index is 0. The zero-order chi connectivity index (χ0) is 16.8. The van der Waals surface area contributed by atoms with Gasteiger partial charge in [-0.05, 0) is 67.3 Å². The van der Waals surface area contributed by atoms with Gasteiger partial charge in [-0.15, -0.1) is 24.0 Å². The molecule has 0 amide bonds. The largest absolute Gasteiger partial charge is 0.356 e. The van der Waals surface area contributed by atoms with Crippen LogP contribution < -0.4 is 5.32 Å². The van der Waals surface area contributed by atoms with Gasteiger partial charge < -0.3 is 19.7 Å². The first-order chi connectivity index (χ1) is 11.0. The number of aromatic nitrogens is 1. The van der Waals surface area contributed by atoms with Gasteiger partial charge >= 0.3 is 0 Å². The van der Waals surface area contributed by atoms with Gasteiger partial charge in [-0.2, -0.15) is 0 Å². The third-order valence-corrected chi connectivity index (χ3v) is 5.15. The van der Waals surface area contributed by atoms with E-state index in [1.807, 2.05) is 7.05 Å². The Balaban J connectivity index is 0.00000288. The summed E-state index contributed by atoms with van der Waals surface area (Å²) in [6.45, 7) is 4.32. The zero-order valence-electron chi connectivity index (χ0n) is 15.3. The van der Waals surface area contributed by atoms with Gasteiger partial charge in [-0.1, -0.05) is 0 Å². The maximum atomic E-state index is 4.42. The predicted octanol–water partition coefficient (Wildman–Crippen LogP) is 3.14. The van der Waals surface area contributed by atoms with Crippen LogP contribution in [-0.2, 0) is 13.6 Å². The Kier molecular flexibility index (Phi) is 9.66. The highest BCUT2D eigenvalue weighted by Gasteiger charge is 2.16. The number of nitrogens with zero attached hydrogens (tertiary/aromatic N) is 4. The molecule has 1 saturated heterocycles. The molecule has 1 aromatic heterocycles. The summed E-state index contributed by atoms with van der Waals surface area (Å²) in [6.07, 6.45) is 5.96. The topological polar surface area (TPSA) is 35.8 Å². The minimum Gasteiger partial charge on any atom is -0.356 e. The third-order valence-electron chi connectivity index (χ3n) is 4.72. The van der Waals surface area contributed by atoms with Crippen molar-refractivity contribution in [2.24, 2.45) is 18.0 Å². The van der Waals surface area contributed by atoms with Gasteiger partial charge in [-0.25, -0.2) is 0 Å². The Morgan fingerprint density at radius 1 is 1.38 bits per heavy atom. The summed E-state index contributed by atoms with van der Waals surface area (Å²) in [4.78, 5) is 9.02. The lowest BCUT2D eigenvalue weighted by Gasteiger charge is -2.29. The van der Waals surface area contributed by atoms with Gasteiger partial charge in [0.2, 0.25) is 0 Å². The van der Waals surface area contributed by atoms with Crippen LogP contribution in [0.1, 0.15) is 25.0 Å². The van der Waals surface area contributed by atoms with Crippen LogP contribution in [0.2, 0.25) is 0 Å². The lowest BCUT2D eigenvalue weighted by Crippen LogP contribution is -2.40. The molecular formula is C17H31BrIN5. The van der Waals surface area contributed by atoms with Gasteiger partial charge in [-0.3, -0.25) is 4.99 Å². The fourth-order valence-electron chi connectivity index (χ4n) is 3.16. The average molecular weight is 512 g/mol. The molecule has 0 unspecified atom stereocenters. The summed E-state index contributed by atoms with van der Waals surface area (Å²) in [5.74, 6) is 1.82. The summed E-state index contributed by atoms with van der Waals surface area (Å²) in [5, 5.41) is 3.52. The number of hydrogen-bond acceptors (Lipinski definition) is 2. The Morgan fingerprint density at radius 3 is 2.58 bits per heavy atom. The number of likely N-dealkylation sites (tertiary alicyclic amines) is 1. The molecule has 0 bridgehead atoms. The van der Waals surface area contributed by atoms with Crippen molar-refractivity contribution >= 4 is 45.9 Å². The van der Waals surface area contributed by atoms with Crippen LogP contribution in [0.5, 0.6) is 0 Å². The third kappa shape index (κ3) is 6.55. The van der Waals surface area contributed by atoms with Crippen molar-refractivity contribution in [3.8, 4) is 0 Å². The van der Waals surface area contributed by atoms with E-state index < -0.39 is 0 Å². The summed E-state index contributed by atoms with van der Waals surface area (Å²) in [5.41, 5.74) is 1.26. The maximum absolute atomic E-state index is 4.42. The first-order valence-electron chi connectivity index (χ1n) is 8.40. The maximum Gasteiger partial charge on any atom is 0.193 e. The number of guanidine groups is 1. The second kappa shape index (κ2) is 10.7. The fourth-order valence-corrected chi connectivity index (χ4v) is 3.74. The van der Waals surface area contributed by atoms with E-state index in [0.29, 0.717) is 0 Å². The van der Waals surface area contributed by atoms with E-state index in [0.717, 1.165) is 29.4 Å². The molecule has 5 nitrogen and oxygen atoms in total. The molecule has 138 valence electrons. The number of piperidine rings is 1. The van der Waals surface area contributed by atoms with E-state index in [1.165, 1.54) is 38.0 Å². The van der Waals surface area contributed by atoms with Crippen LogP contribution in [0.3, 0.4) is 0 Å². The van der Waals surface area contributed by atoms with Crippen LogP contribution >= 0.6 is 39.9 Å². The second-order valence-electron chi connectivity index (χ2n) is 6.63. The van der Waals surface area contributed by atoms with Crippen LogP contribution in [0, 0.1) is 5.92 Å². The van der Waals surface area contributed by atoms with E-state index in [9.17, 15) is 0 Å². The van der Waals surface area contributed by atoms with Crippen LogP contribution in [0.4, 0.5) is 0 Å². The van der Waals surface area contributed by atoms with Crippen molar-refractivity contribution in [3.05, 3.63) is 22.4 Å². The smallest absolute Gasteiger partial charge is 0.193 e. The number of aryl methyl sites for hydroxylation is 1. The first-order valence-corrected chi connectivity index (χ1v) is 9.20. The van der Waals surface area contributed by atoms with Crippen LogP contribution in [-0.4, -0.2) is 61.1 Å². The summed E-state index contributed by atoms with van der Waals surface area (Å²) < 4.78 is 3.26. The molecule has 0 radical (unpaired) electrons. The number of hydrogen-bond donors (Lipinski definition) is 1. The molecule has 0 aliphatic carbocycles. The Morgan fingerprint density at radius 2 is 2.04 bits per heavy atom. The molecular weight excluding hydrogens is 481 g/mol. The lowest BCUT2D eigenvalue weighted by atomic mass is 9.94. The van der Waals surface area contributed by atoms with E-state index in [2.05, 4.69) is 74.0 Å². The fraction of sp³-hybridized carbons (Fsp3) is 0.706. The molecule has 0 atom stereocenters. The number of halogens is 2. The zero-order valence-corrected chi connectivity index (χ0v) is 19.2. The molecule has 1 aliphatic heterocycles. The van der Waals surface area contributed by atoms with Crippen molar-refractivity contribution in [1.82, 2.24) is 19.7 Å². The van der Waals surface area contributed by atoms with Crippen molar-refractivity contribution in [3.63, 3.8) is 0 Å². The van der Waals surface area contributed by atoms with Crippen molar-refractivity contribution in [2.75, 3.05) is 40.8 Å². The molecule has 2 rings (SSSR count). The molecule has 1 aliphatic rings. The first kappa shape index (κ1) is 21.8. The second-order valence-corrected chi connectivity index (χ2v) is 7.54.